The number of ether oxygens (including phenoxy) is 2. The van der Waals surface area contributed by atoms with Crippen molar-refractivity contribution in [3.63, 3.8) is 0 Å². The number of nitrogens with one attached hydrogen (secondary N) is 1. The van der Waals surface area contributed by atoms with E-state index in [0.717, 1.165) is 40.9 Å². The monoisotopic (exact) mass is 451 g/mol. The van der Waals surface area contributed by atoms with Crippen molar-refractivity contribution >= 4 is 17.3 Å². The van der Waals surface area contributed by atoms with Crippen molar-refractivity contribution in [1.82, 2.24) is 10.2 Å². The molecule has 0 radical (unpaired) electrons. The second-order valence-electron chi connectivity index (χ2n) is 9.14. The van der Waals surface area contributed by atoms with Crippen LogP contribution >= 0.6 is 0 Å². The Labute approximate surface area is 195 Å². The number of anilines is 1. The molecule has 2 aromatic carbocycles. The molecule has 0 saturated carbocycles. The second-order valence-corrected chi connectivity index (χ2v) is 9.14. The fourth-order valence-electron chi connectivity index (χ4n) is 4.73. The van der Waals surface area contributed by atoms with Gasteiger partial charge >= 0.3 is 6.03 Å². The summed E-state index contributed by atoms with van der Waals surface area (Å²) in [4.78, 5) is 16.6. The van der Waals surface area contributed by atoms with Crippen LogP contribution in [0.2, 0.25) is 0 Å². The smallest absolute Gasteiger partial charge is 0.321 e. The van der Waals surface area contributed by atoms with E-state index in [-0.39, 0.29) is 12.1 Å². The standard InChI is InChI=1S/C26H33N3O4/c1-17-12-19-13-23(32-4)24(33-5)14-21(19)22(15-29(17)25(30)27-3)18-6-8-20(9-7-18)28-11-10-26(2,31)16-28/h6-9,13-15,17,31H,10-12,16H2,1-5H3,(H,27,30). The molecule has 7 heteroatoms. The minimum atomic E-state index is -0.652. The number of hydrogen-bond donors (Lipinski definition) is 2. The number of fused-ring (bicyclic) bond motifs is 1. The summed E-state index contributed by atoms with van der Waals surface area (Å²) in [7, 11) is 4.91. The van der Waals surface area contributed by atoms with E-state index in [4.69, 9.17) is 9.47 Å². The summed E-state index contributed by atoms with van der Waals surface area (Å²) < 4.78 is 11.1. The van der Waals surface area contributed by atoms with Gasteiger partial charge in [-0.1, -0.05) is 12.1 Å². The fraction of sp³-hybridized carbons (Fsp3) is 0.423. The summed E-state index contributed by atoms with van der Waals surface area (Å²) in [6.07, 6.45) is 3.37. The topological polar surface area (TPSA) is 74.3 Å². The quantitative estimate of drug-likeness (QED) is 0.743. The number of amides is 2. The number of β-amino-alcohol motifs (C(OH)–C–C–N with tert-alkyl or cyclic N) is 1. The Morgan fingerprint density at radius 1 is 1.15 bits per heavy atom. The fourth-order valence-corrected chi connectivity index (χ4v) is 4.73. The average molecular weight is 452 g/mol. The second kappa shape index (κ2) is 8.98. The molecular weight excluding hydrogens is 418 g/mol. The van der Waals surface area contributed by atoms with Gasteiger partial charge in [0.2, 0.25) is 0 Å². The van der Waals surface area contributed by atoms with E-state index in [1.165, 1.54) is 0 Å². The first kappa shape index (κ1) is 23.0. The third-order valence-electron chi connectivity index (χ3n) is 6.60. The van der Waals surface area contributed by atoms with Crippen molar-refractivity contribution in [3.05, 3.63) is 59.3 Å². The Bertz CT molecular complexity index is 1060. The van der Waals surface area contributed by atoms with E-state index in [2.05, 4.69) is 34.5 Å². The minimum absolute atomic E-state index is 0.0367. The highest BCUT2D eigenvalue weighted by Crippen LogP contribution is 2.39. The number of benzene rings is 2. The molecule has 0 aliphatic carbocycles. The van der Waals surface area contributed by atoms with Gasteiger partial charge in [0, 0.05) is 43.6 Å². The van der Waals surface area contributed by atoms with Gasteiger partial charge in [0.1, 0.15) is 0 Å². The van der Waals surface area contributed by atoms with E-state index < -0.39 is 5.60 Å². The van der Waals surface area contributed by atoms with Crippen molar-refractivity contribution < 1.29 is 19.4 Å². The molecule has 1 fully saturated rings. The number of carbonyl (C=O) groups excluding carboxylic acids is 1. The lowest BCUT2D eigenvalue weighted by molar-refractivity contribution is 0.0839. The van der Waals surface area contributed by atoms with Gasteiger partial charge in [-0.05, 0) is 67.6 Å². The normalized spacial score (nSPS) is 22.4. The van der Waals surface area contributed by atoms with Gasteiger partial charge in [0.25, 0.3) is 0 Å². The van der Waals surface area contributed by atoms with Crippen LogP contribution in [0.1, 0.15) is 37.0 Å². The molecular formula is C26H33N3O4. The summed E-state index contributed by atoms with van der Waals surface area (Å²) in [5, 5.41) is 13.1. The number of aliphatic hydroxyl groups is 1. The van der Waals surface area contributed by atoms with Gasteiger partial charge in [-0.25, -0.2) is 4.79 Å². The Kier molecular flexibility index (Phi) is 6.26. The first-order chi connectivity index (χ1) is 15.8. The summed E-state index contributed by atoms with van der Waals surface area (Å²) in [6, 6.07) is 12.1. The maximum Gasteiger partial charge on any atom is 0.321 e. The largest absolute Gasteiger partial charge is 0.493 e. The van der Waals surface area contributed by atoms with Crippen LogP contribution in [0.25, 0.3) is 5.57 Å². The first-order valence-electron chi connectivity index (χ1n) is 11.3. The molecule has 2 amide bonds. The molecule has 7 nitrogen and oxygen atoms in total. The first-order valence-corrected chi connectivity index (χ1v) is 11.3. The molecule has 1 saturated heterocycles. The molecule has 0 bridgehead atoms. The van der Waals surface area contributed by atoms with Crippen LogP contribution in [-0.2, 0) is 6.42 Å². The van der Waals surface area contributed by atoms with Crippen molar-refractivity contribution in [2.24, 2.45) is 0 Å². The Morgan fingerprint density at radius 2 is 1.82 bits per heavy atom. The van der Waals surface area contributed by atoms with Gasteiger partial charge < -0.3 is 24.8 Å². The van der Waals surface area contributed by atoms with Gasteiger partial charge in [-0.15, -0.1) is 0 Å². The van der Waals surface area contributed by atoms with E-state index in [1.54, 1.807) is 26.2 Å². The predicted octanol–water partition coefficient (Wildman–Crippen LogP) is 3.64. The highest BCUT2D eigenvalue weighted by molar-refractivity contribution is 5.87. The molecule has 2 heterocycles. The number of carbonyl (C=O) groups is 1. The van der Waals surface area contributed by atoms with Crippen molar-refractivity contribution in [1.29, 1.82) is 0 Å². The SMILES string of the molecule is CNC(=O)N1C=C(c2ccc(N3CCC(C)(O)C3)cc2)c2cc(OC)c(OC)cc2CC1C. The molecule has 2 unspecified atom stereocenters. The Hall–Kier alpha value is -3.19. The van der Waals surface area contributed by atoms with Gasteiger partial charge in [-0.2, -0.15) is 0 Å². The summed E-state index contributed by atoms with van der Waals surface area (Å²) >= 11 is 0. The summed E-state index contributed by atoms with van der Waals surface area (Å²) in [6.45, 7) is 5.37. The predicted molar refractivity (Wildman–Crippen MR) is 130 cm³/mol. The molecule has 2 aliphatic heterocycles. The molecule has 2 aliphatic rings. The lowest BCUT2D eigenvalue weighted by Crippen LogP contribution is -2.40. The average Bonchev–Trinajstić information content (AvgIpc) is 3.11. The van der Waals surface area contributed by atoms with Crippen LogP contribution in [-0.4, -0.2) is 62.0 Å². The molecule has 4 rings (SSSR count). The van der Waals surface area contributed by atoms with Crippen LogP contribution in [0.15, 0.2) is 42.6 Å². The lowest BCUT2D eigenvalue weighted by Gasteiger charge is -2.24. The highest BCUT2D eigenvalue weighted by atomic mass is 16.5. The number of nitrogens with zero attached hydrogens (tertiary/aromatic N) is 2. The molecule has 2 atom stereocenters. The lowest BCUT2D eigenvalue weighted by atomic mass is 9.92. The van der Waals surface area contributed by atoms with Crippen LogP contribution < -0.4 is 19.7 Å². The van der Waals surface area contributed by atoms with Gasteiger partial charge in [0.05, 0.1) is 19.8 Å². The van der Waals surface area contributed by atoms with Gasteiger partial charge in [-0.3, -0.25) is 4.90 Å². The van der Waals surface area contributed by atoms with Gasteiger partial charge in [0.15, 0.2) is 11.5 Å². The van der Waals surface area contributed by atoms with E-state index in [0.29, 0.717) is 24.5 Å². The number of rotatable bonds is 4. The zero-order chi connectivity index (χ0) is 23.8. The maximum atomic E-state index is 12.7. The minimum Gasteiger partial charge on any atom is -0.493 e. The number of urea groups is 1. The number of hydrogen-bond acceptors (Lipinski definition) is 5. The van der Waals surface area contributed by atoms with Crippen molar-refractivity contribution in [3.8, 4) is 11.5 Å². The summed E-state index contributed by atoms with van der Waals surface area (Å²) in [5.74, 6) is 1.33. The zero-order valence-electron chi connectivity index (χ0n) is 20.0. The highest BCUT2D eigenvalue weighted by Gasteiger charge is 2.31. The molecule has 0 aromatic heterocycles. The summed E-state index contributed by atoms with van der Waals surface area (Å²) in [5.41, 5.74) is 4.48. The maximum absolute atomic E-state index is 12.7. The molecule has 33 heavy (non-hydrogen) atoms. The zero-order valence-corrected chi connectivity index (χ0v) is 20.0. The van der Waals surface area contributed by atoms with Crippen LogP contribution in [0, 0.1) is 0 Å². The molecule has 0 spiro atoms. The van der Waals surface area contributed by atoms with Crippen LogP contribution in [0.4, 0.5) is 10.5 Å². The van der Waals surface area contributed by atoms with E-state index >= 15 is 0 Å². The van der Waals surface area contributed by atoms with Crippen LogP contribution in [0.5, 0.6) is 11.5 Å². The molecule has 2 N–H and O–H groups in total. The van der Waals surface area contributed by atoms with E-state index in [1.807, 2.05) is 32.2 Å². The Morgan fingerprint density at radius 3 is 2.39 bits per heavy atom. The van der Waals surface area contributed by atoms with Crippen molar-refractivity contribution in [2.75, 3.05) is 39.3 Å². The molecule has 2 aromatic rings. The third-order valence-corrected chi connectivity index (χ3v) is 6.60. The van der Waals surface area contributed by atoms with Crippen LogP contribution in [0.3, 0.4) is 0 Å². The van der Waals surface area contributed by atoms with E-state index in [9.17, 15) is 9.90 Å². The van der Waals surface area contributed by atoms with Crippen molar-refractivity contribution in [2.45, 2.75) is 38.3 Å². The Balaban J connectivity index is 1.79. The third kappa shape index (κ3) is 4.50. The number of methoxy groups -OCH3 is 2. The molecule has 176 valence electrons.